The summed E-state index contributed by atoms with van der Waals surface area (Å²) in [6, 6.07) is 6.65. The van der Waals surface area contributed by atoms with E-state index >= 15 is 0 Å². The van der Waals surface area contributed by atoms with Gasteiger partial charge in [-0.3, -0.25) is 34.2 Å². The van der Waals surface area contributed by atoms with E-state index in [0.717, 1.165) is 4.90 Å². The first kappa shape index (κ1) is 23.2. The number of carbonyl (C=O) groups excluding carboxylic acids is 5. The van der Waals surface area contributed by atoms with Crippen molar-refractivity contribution in [1.29, 1.82) is 0 Å². The van der Waals surface area contributed by atoms with Crippen molar-refractivity contribution in [3.05, 3.63) is 41.5 Å². The van der Waals surface area contributed by atoms with Gasteiger partial charge in [-0.05, 0) is 36.4 Å². The molecular formula is C22H18F3N3O6. The number of amides is 5. The van der Waals surface area contributed by atoms with Crippen molar-refractivity contribution in [1.82, 2.24) is 15.5 Å². The highest BCUT2D eigenvalue weighted by Gasteiger charge is 2.42. The van der Waals surface area contributed by atoms with Crippen LogP contribution in [0.15, 0.2) is 30.3 Å². The zero-order valence-corrected chi connectivity index (χ0v) is 17.5. The van der Waals surface area contributed by atoms with E-state index in [4.69, 9.17) is 4.74 Å². The number of hydrogen-bond donors (Lipinski definition) is 2. The maximum atomic E-state index is 13.3. The maximum Gasteiger partial charge on any atom is 0.471 e. The van der Waals surface area contributed by atoms with Crippen LogP contribution in [0.5, 0.6) is 5.75 Å². The first-order valence-corrected chi connectivity index (χ1v) is 10.3. The summed E-state index contributed by atoms with van der Waals surface area (Å²) in [4.78, 5) is 61.8. The van der Waals surface area contributed by atoms with Crippen molar-refractivity contribution in [2.45, 2.75) is 31.5 Å². The van der Waals surface area contributed by atoms with Crippen molar-refractivity contribution in [3.8, 4) is 5.75 Å². The lowest BCUT2D eigenvalue weighted by Gasteiger charge is -2.34. The number of imide groups is 2. The lowest BCUT2D eigenvalue weighted by atomic mass is 9.91. The van der Waals surface area contributed by atoms with Crippen LogP contribution in [0.25, 0.3) is 10.8 Å². The molecule has 2 aromatic carbocycles. The summed E-state index contributed by atoms with van der Waals surface area (Å²) in [5, 5.41) is 4.79. The third-order valence-electron chi connectivity index (χ3n) is 5.50. The highest BCUT2D eigenvalue weighted by molar-refractivity contribution is 6.27. The Bertz CT molecular complexity index is 1230. The number of carbonyl (C=O) groups is 5. The summed E-state index contributed by atoms with van der Waals surface area (Å²) in [6.45, 7) is -0.313. The predicted molar refractivity (Wildman–Crippen MR) is 110 cm³/mol. The molecule has 1 atom stereocenters. The van der Waals surface area contributed by atoms with Gasteiger partial charge in [-0.1, -0.05) is 12.1 Å². The second kappa shape index (κ2) is 8.76. The van der Waals surface area contributed by atoms with Crippen molar-refractivity contribution >= 4 is 40.3 Å². The molecule has 2 heterocycles. The number of hydrogen-bond acceptors (Lipinski definition) is 6. The number of alkyl halides is 3. The van der Waals surface area contributed by atoms with Crippen LogP contribution in [-0.4, -0.2) is 59.8 Å². The van der Waals surface area contributed by atoms with Gasteiger partial charge in [0.1, 0.15) is 11.8 Å². The topological polar surface area (TPSA) is 122 Å². The summed E-state index contributed by atoms with van der Waals surface area (Å²) in [5.41, 5.74) is 0.344. The number of nitrogens with one attached hydrogen (secondary N) is 2. The van der Waals surface area contributed by atoms with Gasteiger partial charge in [0.15, 0.2) is 0 Å². The summed E-state index contributed by atoms with van der Waals surface area (Å²) >= 11 is 0. The molecule has 1 unspecified atom stereocenters. The van der Waals surface area contributed by atoms with E-state index < -0.39 is 41.8 Å². The minimum absolute atomic E-state index is 0.00724. The highest BCUT2D eigenvalue weighted by atomic mass is 19.4. The number of ether oxygens (including phenoxy) is 1. The van der Waals surface area contributed by atoms with E-state index in [0.29, 0.717) is 10.8 Å². The van der Waals surface area contributed by atoms with Crippen LogP contribution in [-0.2, 0) is 14.4 Å². The Morgan fingerprint density at radius 2 is 1.85 bits per heavy atom. The highest BCUT2D eigenvalue weighted by Crippen LogP contribution is 2.35. The van der Waals surface area contributed by atoms with E-state index in [2.05, 4.69) is 5.32 Å². The fraction of sp³-hybridized carbons (Fsp3) is 0.318. The van der Waals surface area contributed by atoms with E-state index in [-0.39, 0.29) is 49.3 Å². The van der Waals surface area contributed by atoms with Crippen LogP contribution in [0.3, 0.4) is 0 Å². The van der Waals surface area contributed by atoms with Gasteiger partial charge >= 0.3 is 12.1 Å². The monoisotopic (exact) mass is 477 g/mol. The molecule has 0 aliphatic carbocycles. The Hall–Kier alpha value is -3.96. The third kappa shape index (κ3) is 4.30. The van der Waals surface area contributed by atoms with Gasteiger partial charge in [0.05, 0.1) is 12.2 Å². The molecule has 0 saturated carbocycles. The average Bonchev–Trinajstić information content (AvgIpc) is 2.77. The number of halogens is 3. The van der Waals surface area contributed by atoms with E-state index in [1.54, 1.807) is 23.5 Å². The molecule has 0 aromatic heterocycles. The standard InChI is InChI=1S/C22H18F3N3O6/c23-22(24,25)21(33)26-7-2-8-34-12-9-11-3-1-4-13-17(11)14(10-12)20(32)28(19(13)31)15-5-6-16(29)27-18(15)30/h1,3-4,9-10,15H,2,5-8H2,(H,26,33)(H,27,29,30). The molecule has 9 nitrogen and oxygen atoms in total. The molecule has 4 rings (SSSR count). The molecular weight excluding hydrogens is 459 g/mol. The van der Waals surface area contributed by atoms with E-state index in [1.807, 2.05) is 0 Å². The molecule has 5 amide bonds. The molecule has 12 heteroatoms. The first-order chi connectivity index (χ1) is 16.1. The van der Waals surface area contributed by atoms with Crippen LogP contribution in [0.1, 0.15) is 40.0 Å². The second-order valence-electron chi connectivity index (χ2n) is 7.78. The van der Waals surface area contributed by atoms with Gasteiger partial charge in [0.2, 0.25) is 11.8 Å². The molecule has 1 saturated heterocycles. The van der Waals surface area contributed by atoms with Gasteiger partial charge in [0.25, 0.3) is 11.8 Å². The number of benzene rings is 2. The largest absolute Gasteiger partial charge is 0.493 e. The SMILES string of the molecule is O=C1CCC(N2C(=O)c3cccc4cc(OCCCNC(=O)C(F)(F)F)cc(c34)C2=O)C(=O)N1. The number of nitrogens with zero attached hydrogens (tertiary/aromatic N) is 1. The Morgan fingerprint density at radius 1 is 1.12 bits per heavy atom. The number of rotatable bonds is 6. The van der Waals surface area contributed by atoms with Crippen molar-refractivity contribution in [3.63, 3.8) is 0 Å². The molecule has 0 spiro atoms. The van der Waals surface area contributed by atoms with Crippen LogP contribution in [0, 0.1) is 0 Å². The van der Waals surface area contributed by atoms with Crippen LogP contribution in [0.2, 0.25) is 0 Å². The fourth-order valence-corrected chi connectivity index (χ4v) is 3.96. The van der Waals surface area contributed by atoms with Crippen molar-refractivity contribution in [2.24, 2.45) is 0 Å². The molecule has 2 aromatic rings. The summed E-state index contributed by atoms with van der Waals surface area (Å²) in [7, 11) is 0. The third-order valence-corrected chi connectivity index (χ3v) is 5.50. The quantitative estimate of drug-likeness (QED) is 0.483. The van der Waals surface area contributed by atoms with Crippen molar-refractivity contribution < 1.29 is 41.9 Å². The lowest BCUT2D eigenvalue weighted by molar-refractivity contribution is -0.173. The molecule has 2 aliphatic heterocycles. The normalized spacial score (nSPS) is 18.2. The van der Waals surface area contributed by atoms with E-state index in [1.165, 1.54) is 12.1 Å². The Labute approximate surface area is 190 Å². The first-order valence-electron chi connectivity index (χ1n) is 10.3. The molecule has 2 N–H and O–H groups in total. The Balaban J connectivity index is 1.55. The Morgan fingerprint density at radius 3 is 2.56 bits per heavy atom. The van der Waals surface area contributed by atoms with Gasteiger partial charge in [-0.15, -0.1) is 0 Å². The zero-order chi connectivity index (χ0) is 24.6. The minimum Gasteiger partial charge on any atom is -0.493 e. The molecule has 0 radical (unpaired) electrons. The fourth-order valence-electron chi connectivity index (χ4n) is 3.96. The summed E-state index contributed by atoms with van der Waals surface area (Å²) in [6.07, 6.45) is -4.90. The minimum atomic E-state index is -4.97. The Kier molecular flexibility index (Phi) is 5.98. The zero-order valence-electron chi connectivity index (χ0n) is 17.5. The summed E-state index contributed by atoms with van der Waals surface area (Å²) in [5.74, 6) is -4.39. The second-order valence-corrected chi connectivity index (χ2v) is 7.78. The molecule has 178 valence electrons. The lowest BCUT2D eigenvalue weighted by Crippen LogP contribution is -2.57. The summed E-state index contributed by atoms with van der Waals surface area (Å²) < 4.78 is 42.2. The van der Waals surface area contributed by atoms with Gasteiger partial charge in [0, 0.05) is 23.9 Å². The molecule has 1 fully saturated rings. The van der Waals surface area contributed by atoms with Crippen molar-refractivity contribution in [2.75, 3.05) is 13.2 Å². The predicted octanol–water partition coefficient (Wildman–Crippen LogP) is 1.69. The number of piperidine rings is 1. The van der Waals surface area contributed by atoms with Gasteiger partial charge in [-0.2, -0.15) is 13.2 Å². The maximum absolute atomic E-state index is 13.3. The smallest absolute Gasteiger partial charge is 0.471 e. The van der Waals surface area contributed by atoms with E-state index in [9.17, 15) is 37.1 Å². The van der Waals surface area contributed by atoms with Gasteiger partial charge < -0.3 is 10.1 Å². The van der Waals surface area contributed by atoms with Crippen LogP contribution in [0.4, 0.5) is 13.2 Å². The molecule has 34 heavy (non-hydrogen) atoms. The van der Waals surface area contributed by atoms with Crippen LogP contribution >= 0.6 is 0 Å². The average molecular weight is 477 g/mol. The van der Waals surface area contributed by atoms with Gasteiger partial charge in [-0.25, -0.2) is 0 Å². The molecule has 2 aliphatic rings. The molecule has 0 bridgehead atoms. The van der Waals surface area contributed by atoms with Crippen LogP contribution < -0.4 is 15.4 Å².